The van der Waals surface area contributed by atoms with Crippen LogP contribution in [-0.2, 0) is 17.9 Å². The molecular formula is C14H22N2O. The third-order valence-corrected chi connectivity index (χ3v) is 3.66. The van der Waals surface area contributed by atoms with Crippen molar-refractivity contribution in [1.29, 1.82) is 0 Å². The van der Waals surface area contributed by atoms with Crippen molar-refractivity contribution >= 4 is 0 Å². The van der Waals surface area contributed by atoms with Crippen LogP contribution in [0.5, 0.6) is 0 Å². The molecule has 2 atom stereocenters. The molecule has 0 saturated heterocycles. The molecule has 1 aliphatic rings. The lowest BCUT2D eigenvalue weighted by Crippen LogP contribution is -2.25. The number of aromatic nitrogens is 1. The van der Waals surface area contributed by atoms with E-state index in [9.17, 15) is 0 Å². The molecule has 1 heterocycles. The van der Waals surface area contributed by atoms with Gasteiger partial charge in [-0.25, -0.2) is 0 Å². The van der Waals surface area contributed by atoms with Gasteiger partial charge >= 0.3 is 0 Å². The van der Waals surface area contributed by atoms with Crippen molar-refractivity contribution in [2.45, 2.75) is 51.9 Å². The van der Waals surface area contributed by atoms with E-state index in [2.05, 4.69) is 18.0 Å². The number of nitrogens with two attached hydrogens (primary N) is 1. The van der Waals surface area contributed by atoms with Gasteiger partial charge in [-0.1, -0.05) is 25.8 Å². The molecule has 1 aliphatic carbocycles. The Morgan fingerprint density at radius 1 is 1.41 bits per heavy atom. The Morgan fingerprint density at radius 3 is 3.00 bits per heavy atom. The van der Waals surface area contributed by atoms with E-state index in [1.807, 2.05) is 6.07 Å². The van der Waals surface area contributed by atoms with E-state index >= 15 is 0 Å². The molecule has 0 aliphatic heterocycles. The minimum atomic E-state index is 0.412. The standard InChI is InChI=1S/C14H22N2O/c1-11-5-2-3-7-14(11)17-10-12-6-4-8-16-13(12)9-15/h4,6,8,11,14H,2-3,5,7,9-10,15H2,1H3. The van der Waals surface area contributed by atoms with Crippen LogP contribution in [0, 0.1) is 5.92 Å². The van der Waals surface area contributed by atoms with Gasteiger partial charge in [0, 0.05) is 18.3 Å². The molecule has 2 N–H and O–H groups in total. The van der Waals surface area contributed by atoms with Crippen LogP contribution in [0.2, 0.25) is 0 Å². The van der Waals surface area contributed by atoms with Crippen LogP contribution in [0.25, 0.3) is 0 Å². The zero-order valence-electron chi connectivity index (χ0n) is 10.6. The maximum Gasteiger partial charge on any atom is 0.0739 e. The van der Waals surface area contributed by atoms with E-state index in [-0.39, 0.29) is 0 Å². The van der Waals surface area contributed by atoms with Crippen LogP contribution >= 0.6 is 0 Å². The Labute approximate surface area is 103 Å². The zero-order chi connectivity index (χ0) is 12.1. The van der Waals surface area contributed by atoms with Gasteiger partial charge in [-0.3, -0.25) is 4.98 Å². The molecule has 17 heavy (non-hydrogen) atoms. The Morgan fingerprint density at radius 2 is 2.24 bits per heavy atom. The van der Waals surface area contributed by atoms with E-state index < -0.39 is 0 Å². The van der Waals surface area contributed by atoms with Crippen molar-refractivity contribution in [2.24, 2.45) is 11.7 Å². The molecular weight excluding hydrogens is 212 g/mol. The fourth-order valence-corrected chi connectivity index (χ4v) is 2.51. The average Bonchev–Trinajstić information content (AvgIpc) is 2.38. The van der Waals surface area contributed by atoms with Gasteiger partial charge in [0.2, 0.25) is 0 Å². The number of ether oxygens (including phenoxy) is 1. The van der Waals surface area contributed by atoms with Gasteiger partial charge in [-0.15, -0.1) is 0 Å². The summed E-state index contributed by atoms with van der Waals surface area (Å²) >= 11 is 0. The molecule has 94 valence electrons. The molecule has 0 spiro atoms. The van der Waals surface area contributed by atoms with E-state index in [1.165, 1.54) is 25.7 Å². The van der Waals surface area contributed by atoms with Gasteiger partial charge in [0.1, 0.15) is 0 Å². The van der Waals surface area contributed by atoms with E-state index in [1.54, 1.807) is 6.20 Å². The summed E-state index contributed by atoms with van der Waals surface area (Å²) in [6, 6.07) is 4.00. The topological polar surface area (TPSA) is 48.1 Å². The lowest BCUT2D eigenvalue weighted by atomic mass is 9.88. The van der Waals surface area contributed by atoms with Crippen molar-refractivity contribution < 1.29 is 4.74 Å². The van der Waals surface area contributed by atoms with Crippen LogP contribution in [0.3, 0.4) is 0 Å². The number of pyridine rings is 1. The van der Waals surface area contributed by atoms with Gasteiger partial charge < -0.3 is 10.5 Å². The van der Waals surface area contributed by atoms with Gasteiger partial charge in [0.15, 0.2) is 0 Å². The summed E-state index contributed by atoms with van der Waals surface area (Å²) in [5.74, 6) is 0.682. The Balaban J connectivity index is 1.92. The molecule has 0 aromatic carbocycles. The summed E-state index contributed by atoms with van der Waals surface area (Å²) in [5, 5.41) is 0. The highest BCUT2D eigenvalue weighted by molar-refractivity contribution is 5.18. The predicted molar refractivity (Wildman–Crippen MR) is 68.3 cm³/mol. The first-order valence-corrected chi connectivity index (χ1v) is 6.55. The molecule has 1 aromatic rings. The van der Waals surface area contributed by atoms with Crippen LogP contribution < -0.4 is 5.73 Å². The third kappa shape index (κ3) is 3.27. The Kier molecular flexibility index (Phi) is 4.51. The Hall–Kier alpha value is -0.930. The summed E-state index contributed by atoms with van der Waals surface area (Å²) in [7, 11) is 0. The van der Waals surface area contributed by atoms with E-state index in [0.717, 1.165) is 11.3 Å². The molecule has 3 heteroatoms. The molecule has 2 rings (SSSR count). The molecule has 0 amide bonds. The number of hydrogen-bond acceptors (Lipinski definition) is 3. The van der Waals surface area contributed by atoms with E-state index in [0.29, 0.717) is 25.2 Å². The monoisotopic (exact) mass is 234 g/mol. The predicted octanol–water partition coefficient (Wildman–Crippen LogP) is 2.64. The minimum absolute atomic E-state index is 0.412. The second-order valence-corrected chi connectivity index (χ2v) is 4.92. The fraction of sp³-hybridized carbons (Fsp3) is 0.643. The molecule has 3 nitrogen and oxygen atoms in total. The van der Waals surface area contributed by atoms with Crippen LogP contribution in [0.15, 0.2) is 18.3 Å². The van der Waals surface area contributed by atoms with Crippen molar-refractivity contribution in [2.75, 3.05) is 0 Å². The highest BCUT2D eigenvalue weighted by atomic mass is 16.5. The van der Waals surface area contributed by atoms with E-state index in [4.69, 9.17) is 10.5 Å². The summed E-state index contributed by atoms with van der Waals surface area (Å²) in [4.78, 5) is 4.27. The quantitative estimate of drug-likeness (QED) is 0.871. The van der Waals surface area contributed by atoms with Gasteiger partial charge in [0.05, 0.1) is 18.4 Å². The molecule has 0 bridgehead atoms. The maximum atomic E-state index is 6.03. The highest BCUT2D eigenvalue weighted by Gasteiger charge is 2.21. The van der Waals surface area contributed by atoms with Crippen molar-refractivity contribution in [3.63, 3.8) is 0 Å². The lowest BCUT2D eigenvalue weighted by molar-refractivity contribution is -0.0158. The largest absolute Gasteiger partial charge is 0.373 e. The molecule has 0 radical (unpaired) electrons. The Bertz CT molecular complexity index is 354. The number of nitrogens with zero attached hydrogens (tertiary/aromatic N) is 1. The smallest absolute Gasteiger partial charge is 0.0739 e. The summed E-state index contributed by atoms with van der Waals surface area (Å²) in [5.41, 5.74) is 7.76. The summed E-state index contributed by atoms with van der Waals surface area (Å²) < 4.78 is 6.03. The number of hydrogen-bond donors (Lipinski definition) is 1. The molecule has 1 aromatic heterocycles. The third-order valence-electron chi connectivity index (χ3n) is 3.66. The van der Waals surface area contributed by atoms with Crippen molar-refractivity contribution in [3.05, 3.63) is 29.6 Å². The van der Waals surface area contributed by atoms with Crippen molar-refractivity contribution in [1.82, 2.24) is 4.98 Å². The second kappa shape index (κ2) is 6.12. The van der Waals surface area contributed by atoms with Crippen molar-refractivity contribution in [3.8, 4) is 0 Å². The average molecular weight is 234 g/mol. The molecule has 1 saturated carbocycles. The highest BCUT2D eigenvalue weighted by Crippen LogP contribution is 2.27. The minimum Gasteiger partial charge on any atom is -0.373 e. The maximum absolute atomic E-state index is 6.03. The van der Waals surface area contributed by atoms with Crippen LogP contribution in [-0.4, -0.2) is 11.1 Å². The second-order valence-electron chi connectivity index (χ2n) is 4.92. The van der Waals surface area contributed by atoms with Gasteiger partial charge in [-0.2, -0.15) is 0 Å². The molecule has 2 unspecified atom stereocenters. The first-order chi connectivity index (χ1) is 8.31. The normalized spacial score (nSPS) is 24.8. The number of rotatable bonds is 4. The lowest BCUT2D eigenvalue weighted by Gasteiger charge is -2.28. The summed E-state index contributed by atoms with van der Waals surface area (Å²) in [6.45, 7) is 3.42. The van der Waals surface area contributed by atoms with Gasteiger partial charge in [0.25, 0.3) is 0 Å². The molecule has 1 fully saturated rings. The summed E-state index contributed by atoms with van der Waals surface area (Å²) in [6.07, 6.45) is 7.33. The SMILES string of the molecule is CC1CCCCC1OCc1cccnc1CN. The first kappa shape index (κ1) is 12.5. The van der Waals surface area contributed by atoms with Gasteiger partial charge in [-0.05, 0) is 24.8 Å². The fourth-order valence-electron chi connectivity index (χ4n) is 2.51. The first-order valence-electron chi connectivity index (χ1n) is 6.55. The zero-order valence-corrected chi connectivity index (χ0v) is 10.6. The van der Waals surface area contributed by atoms with Crippen LogP contribution in [0.1, 0.15) is 43.9 Å². The van der Waals surface area contributed by atoms with Crippen LogP contribution in [0.4, 0.5) is 0 Å².